The van der Waals surface area contributed by atoms with Gasteiger partial charge in [-0.3, -0.25) is 0 Å². The zero-order valence-electron chi connectivity index (χ0n) is 12.8. The summed E-state index contributed by atoms with van der Waals surface area (Å²) in [5.74, 6) is -0.335. The van der Waals surface area contributed by atoms with Crippen LogP contribution in [0, 0.1) is 0 Å². The van der Waals surface area contributed by atoms with Crippen LogP contribution < -0.4 is 4.46 Å². The first-order valence-electron chi connectivity index (χ1n) is 6.43. The van der Waals surface area contributed by atoms with Crippen LogP contribution in [0.1, 0.15) is 72.6 Å². The van der Waals surface area contributed by atoms with Crippen LogP contribution in [-0.4, -0.2) is 32.3 Å². The summed E-state index contributed by atoms with van der Waals surface area (Å²) in [6.45, 7) is 10.6. The fraction of sp³-hybridized carbons (Fsp3) is 0.438. The van der Waals surface area contributed by atoms with Gasteiger partial charge in [-0.05, 0) is 0 Å². The molecule has 0 aliphatic carbocycles. The molecule has 1 aromatic rings. The van der Waals surface area contributed by atoms with E-state index in [0.717, 1.165) is 4.46 Å². The van der Waals surface area contributed by atoms with Crippen LogP contribution in [0.3, 0.4) is 0 Å². The van der Waals surface area contributed by atoms with Crippen molar-refractivity contribution in [3.8, 4) is 0 Å². The molecule has 108 valence electrons. The Morgan fingerprint density at radius 2 is 1.25 bits per heavy atom. The van der Waals surface area contributed by atoms with Crippen molar-refractivity contribution in [2.75, 3.05) is 0 Å². The van der Waals surface area contributed by atoms with Gasteiger partial charge in [0.2, 0.25) is 0 Å². The van der Waals surface area contributed by atoms with Gasteiger partial charge in [0.1, 0.15) is 0 Å². The van der Waals surface area contributed by atoms with Gasteiger partial charge in [-0.15, -0.1) is 0 Å². The fourth-order valence-electron chi connectivity index (χ4n) is 1.77. The summed E-state index contributed by atoms with van der Waals surface area (Å²) in [4.78, 5) is 35.4. The molecule has 1 rings (SSSR count). The monoisotopic (exact) mass is 340 g/mol. The van der Waals surface area contributed by atoms with E-state index in [1.165, 1.54) is 20.8 Å². The van der Waals surface area contributed by atoms with Gasteiger partial charge in [-0.1, -0.05) is 0 Å². The molecule has 0 N–H and O–H groups in total. The molecule has 0 radical (unpaired) electrons. The van der Waals surface area contributed by atoms with Gasteiger partial charge in [0.15, 0.2) is 0 Å². The molecule has 0 bridgehead atoms. The van der Waals surface area contributed by atoms with E-state index in [2.05, 4.69) is 20.8 Å². The minimum atomic E-state index is -0.134. The van der Waals surface area contributed by atoms with Gasteiger partial charge in [0.25, 0.3) is 0 Å². The normalized spacial score (nSPS) is 11.3. The van der Waals surface area contributed by atoms with Gasteiger partial charge >= 0.3 is 126 Å². The second-order valence-electron chi connectivity index (χ2n) is 5.78. The average Bonchev–Trinajstić information content (AvgIpc) is 2.25. The molecule has 0 unspecified atom stereocenters. The van der Waals surface area contributed by atoms with Crippen LogP contribution in [0.5, 0.6) is 0 Å². The first-order valence-corrected chi connectivity index (χ1v) is 8.14. The fourth-order valence-corrected chi connectivity index (χ4v) is 4.37. The number of carbonyl (C=O) groups is 3. The van der Waals surface area contributed by atoms with Crippen LogP contribution in [-0.2, 0) is 0 Å². The first kappa shape index (κ1) is 16.8. The third-order valence-electron chi connectivity index (χ3n) is 2.66. The molecule has 1 aromatic carbocycles. The molecule has 0 aliphatic heterocycles. The summed E-state index contributed by atoms with van der Waals surface area (Å²) >= 11 is -0.0235. The van der Waals surface area contributed by atoms with E-state index in [0.29, 0.717) is 16.7 Å². The van der Waals surface area contributed by atoms with Crippen molar-refractivity contribution in [2.45, 2.75) is 45.9 Å². The molecule has 4 heteroatoms. The van der Waals surface area contributed by atoms with Gasteiger partial charge in [-0.2, -0.15) is 0 Å². The third kappa shape index (κ3) is 4.12. The van der Waals surface area contributed by atoms with Crippen LogP contribution in [0.15, 0.2) is 12.1 Å². The number of hydrogen-bond donors (Lipinski definition) is 0. The van der Waals surface area contributed by atoms with Crippen LogP contribution >= 0.6 is 0 Å². The number of Topliss-reactive ketones (excluding diaryl/α,β-unsaturated/α-hetero) is 3. The number of ketones is 3. The number of hydrogen-bond acceptors (Lipinski definition) is 3. The second-order valence-corrected chi connectivity index (χ2v) is 9.64. The zero-order chi connectivity index (χ0) is 15.7. The summed E-state index contributed by atoms with van der Waals surface area (Å²) in [5, 5.41) is 0. The SMILES string of the molecule is CC(=O)c1cc(C(C)=O)c([Se]C(C)(C)C)c(C(C)=O)c1. The molecule has 0 fully saturated rings. The van der Waals surface area contributed by atoms with Crippen molar-refractivity contribution >= 4 is 36.8 Å². The topological polar surface area (TPSA) is 51.2 Å². The molecular weight excluding hydrogens is 319 g/mol. The Labute approximate surface area is 126 Å². The molecule has 0 aliphatic rings. The molecule has 20 heavy (non-hydrogen) atoms. The van der Waals surface area contributed by atoms with E-state index in [4.69, 9.17) is 0 Å². The van der Waals surface area contributed by atoms with Crippen LogP contribution in [0.4, 0.5) is 0 Å². The maximum atomic E-state index is 11.9. The predicted octanol–water partition coefficient (Wildman–Crippen LogP) is 2.84. The minimum absolute atomic E-state index is 0.0130. The van der Waals surface area contributed by atoms with Gasteiger partial charge in [0.05, 0.1) is 0 Å². The molecule has 0 saturated heterocycles. The molecule has 0 atom stereocenters. The van der Waals surface area contributed by atoms with Crippen molar-refractivity contribution in [2.24, 2.45) is 0 Å². The van der Waals surface area contributed by atoms with E-state index >= 15 is 0 Å². The Bertz CT molecular complexity index is 545. The van der Waals surface area contributed by atoms with Gasteiger partial charge in [0, 0.05) is 0 Å². The molecular formula is C16H20O3Se. The molecule has 0 aromatic heterocycles. The van der Waals surface area contributed by atoms with Crippen molar-refractivity contribution in [3.63, 3.8) is 0 Å². The number of rotatable bonds is 4. The molecule has 0 heterocycles. The van der Waals surface area contributed by atoms with Crippen LogP contribution in [0.25, 0.3) is 0 Å². The van der Waals surface area contributed by atoms with Gasteiger partial charge in [-0.25, -0.2) is 0 Å². The molecule has 0 saturated carbocycles. The third-order valence-corrected chi connectivity index (χ3v) is 5.30. The Morgan fingerprint density at radius 1 is 0.850 bits per heavy atom. The summed E-state index contributed by atoms with van der Waals surface area (Å²) in [6.07, 6.45) is 0. The maximum absolute atomic E-state index is 11.9. The Kier molecular flexibility index (Phi) is 5.06. The van der Waals surface area contributed by atoms with Crippen molar-refractivity contribution in [1.29, 1.82) is 0 Å². The number of carbonyl (C=O) groups excluding carboxylic acids is 3. The average molecular weight is 339 g/mol. The molecule has 0 spiro atoms. The summed E-state index contributed by atoms with van der Waals surface area (Å²) in [5.41, 5.74) is 1.45. The van der Waals surface area contributed by atoms with E-state index in [9.17, 15) is 14.4 Å². The van der Waals surface area contributed by atoms with Crippen LogP contribution in [0.2, 0.25) is 4.31 Å². The quantitative estimate of drug-likeness (QED) is 0.626. The predicted molar refractivity (Wildman–Crippen MR) is 81.6 cm³/mol. The van der Waals surface area contributed by atoms with E-state index < -0.39 is 0 Å². The Hall–Kier alpha value is -1.25. The summed E-state index contributed by atoms with van der Waals surface area (Å²) in [7, 11) is 0. The number of benzene rings is 1. The molecule has 0 amide bonds. The second kappa shape index (κ2) is 6.02. The van der Waals surface area contributed by atoms with E-state index in [-0.39, 0.29) is 36.6 Å². The zero-order valence-corrected chi connectivity index (χ0v) is 14.5. The Balaban J connectivity index is 3.64. The van der Waals surface area contributed by atoms with E-state index in [1.807, 2.05) is 0 Å². The van der Waals surface area contributed by atoms with Crippen molar-refractivity contribution in [1.82, 2.24) is 0 Å². The summed E-state index contributed by atoms with van der Waals surface area (Å²) < 4.78 is 0.828. The van der Waals surface area contributed by atoms with E-state index in [1.54, 1.807) is 12.1 Å². The standard InChI is InChI=1S/C16H20O3Se/c1-9(17)12-7-13(10(2)18)15(20-16(4,5)6)14(8-12)11(3)19/h7-8H,1-6H3. The first-order chi connectivity index (χ1) is 9.03. The van der Waals surface area contributed by atoms with Crippen molar-refractivity contribution < 1.29 is 14.4 Å². The molecule has 3 nitrogen and oxygen atoms in total. The van der Waals surface area contributed by atoms with Crippen molar-refractivity contribution in [3.05, 3.63) is 28.8 Å². The Morgan fingerprint density at radius 3 is 1.50 bits per heavy atom. The van der Waals surface area contributed by atoms with Gasteiger partial charge < -0.3 is 0 Å². The summed E-state index contributed by atoms with van der Waals surface area (Å²) in [6, 6.07) is 3.25.